The lowest BCUT2D eigenvalue weighted by Crippen LogP contribution is -1.97. The van der Waals surface area contributed by atoms with E-state index in [0.29, 0.717) is 18.1 Å². The highest BCUT2D eigenvalue weighted by Gasteiger charge is 2.18. The van der Waals surface area contributed by atoms with Crippen LogP contribution in [0.5, 0.6) is 11.5 Å². The fraction of sp³-hybridized carbons (Fsp3) is 0.400. The van der Waals surface area contributed by atoms with Crippen LogP contribution < -0.4 is 4.52 Å². The summed E-state index contributed by atoms with van der Waals surface area (Å²) in [6, 6.07) is 6.27. The van der Waals surface area contributed by atoms with Gasteiger partial charge in [-0.1, -0.05) is 13.8 Å². The third kappa shape index (κ3) is 2.78. The molecule has 0 spiro atoms. The predicted octanol–water partition coefficient (Wildman–Crippen LogP) is 3.09. The summed E-state index contributed by atoms with van der Waals surface area (Å²) in [6.45, 7) is 3.70. The van der Waals surface area contributed by atoms with Gasteiger partial charge >= 0.3 is 0 Å². The Bertz CT molecular complexity index is 324. The van der Waals surface area contributed by atoms with Gasteiger partial charge in [-0.05, 0) is 24.3 Å². The van der Waals surface area contributed by atoms with Gasteiger partial charge in [0.05, 0.1) is 0 Å². The maximum Gasteiger partial charge on any atom is 0.247 e. The number of hydrogen-bond donors (Lipinski definition) is 1. The van der Waals surface area contributed by atoms with Gasteiger partial charge in [0.25, 0.3) is 0 Å². The molecule has 0 bridgehead atoms. The van der Waals surface area contributed by atoms with Crippen LogP contribution in [0.15, 0.2) is 24.3 Å². The maximum atomic E-state index is 11.9. The van der Waals surface area contributed by atoms with Crippen LogP contribution in [0.3, 0.4) is 0 Å². The molecule has 0 fully saturated rings. The molecular weight excluding hydrogens is 199 g/mol. The number of phenols is 1. The van der Waals surface area contributed by atoms with Crippen molar-refractivity contribution in [2.24, 2.45) is 0 Å². The third-order valence-electron chi connectivity index (χ3n) is 2.07. The van der Waals surface area contributed by atoms with E-state index in [1.807, 2.05) is 13.8 Å². The molecule has 1 aromatic carbocycles. The summed E-state index contributed by atoms with van der Waals surface area (Å²) in [6.07, 6.45) is 1.06. The normalized spacial score (nSPS) is 11.3. The van der Waals surface area contributed by atoms with Gasteiger partial charge in [-0.25, -0.2) is 0 Å². The van der Waals surface area contributed by atoms with Crippen LogP contribution in [0.25, 0.3) is 0 Å². The lowest BCUT2D eigenvalue weighted by atomic mass is 10.3. The number of hydrogen-bond acceptors (Lipinski definition) is 3. The van der Waals surface area contributed by atoms with Gasteiger partial charge in [0.2, 0.25) is 7.37 Å². The van der Waals surface area contributed by atoms with Crippen LogP contribution in [0, 0.1) is 0 Å². The molecule has 0 heterocycles. The van der Waals surface area contributed by atoms with E-state index in [-0.39, 0.29) is 5.75 Å². The van der Waals surface area contributed by atoms with E-state index in [4.69, 9.17) is 9.63 Å². The first-order chi connectivity index (χ1) is 6.59. The molecule has 0 unspecified atom stereocenters. The van der Waals surface area contributed by atoms with Crippen LogP contribution in [0.1, 0.15) is 13.8 Å². The van der Waals surface area contributed by atoms with Crippen molar-refractivity contribution in [3.63, 3.8) is 0 Å². The standard InChI is InChI=1S/C10H15O3P/c1-3-14(12,4-2)13-10-7-5-9(11)6-8-10/h5-8,11H,3-4H2,1-2H3. The zero-order chi connectivity index (χ0) is 10.6. The molecule has 0 aromatic heterocycles. The average Bonchev–Trinajstić information content (AvgIpc) is 2.21. The molecule has 1 rings (SSSR count). The van der Waals surface area contributed by atoms with Crippen molar-refractivity contribution < 1.29 is 14.2 Å². The minimum atomic E-state index is -2.50. The monoisotopic (exact) mass is 214 g/mol. The summed E-state index contributed by atoms with van der Waals surface area (Å²) in [5.41, 5.74) is 0. The van der Waals surface area contributed by atoms with E-state index < -0.39 is 7.37 Å². The minimum Gasteiger partial charge on any atom is -0.508 e. The first-order valence-electron chi connectivity index (χ1n) is 4.66. The first-order valence-corrected chi connectivity index (χ1v) is 6.66. The van der Waals surface area contributed by atoms with Crippen LogP contribution >= 0.6 is 7.37 Å². The van der Waals surface area contributed by atoms with E-state index in [1.54, 1.807) is 12.1 Å². The Kier molecular flexibility index (Phi) is 3.59. The molecule has 78 valence electrons. The average molecular weight is 214 g/mol. The van der Waals surface area contributed by atoms with Gasteiger partial charge in [-0.3, -0.25) is 4.57 Å². The van der Waals surface area contributed by atoms with Crippen molar-refractivity contribution in [3.8, 4) is 11.5 Å². The molecule has 0 saturated carbocycles. The molecule has 1 N–H and O–H groups in total. The van der Waals surface area contributed by atoms with Crippen molar-refractivity contribution in [2.75, 3.05) is 12.3 Å². The summed E-state index contributed by atoms with van der Waals surface area (Å²) in [4.78, 5) is 0. The van der Waals surface area contributed by atoms with Crippen molar-refractivity contribution >= 4 is 7.37 Å². The number of benzene rings is 1. The molecule has 0 aliphatic rings. The van der Waals surface area contributed by atoms with Crippen molar-refractivity contribution in [1.29, 1.82) is 0 Å². The summed E-state index contributed by atoms with van der Waals surface area (Å²) < 4.78 is 17.3. The Hall–Kier alpha value is -0.950. The number of phenolic OH excluding ortho intramolecular Hbond substituents is 1. The third-order valence-corrected chi connectivity index (χ3v) is 4.54. The quantitative estimate of drug-likeness (QED) is 0.783. The minimum absolute atomic E-state index is 0.181. The number of aromatic hydroxyl groups is 1. The molecular formula is C10H15O3P. The molecule has 4 heteroatoms. The highest BCUT2D eigenvalue weighted by atomic mass is 31.2. The fourth-order valence-electron chi connectivity index (χ4n) is 1.05. The Morgan fingerprint density at radius 3 is 2.14 bits per heavy atom. The molecule has 0 atom stereocenters. The zero-order valence-electron chi connectivity index (χ0n) is 8.43. The highest BCUT2D eigenvalue weighted by molar-refractivity contribution is 7.59. The molecule has 3 nitrogen and oxygen atoms in total. The molecule has 14 heavy (non-hydrogen) atoms. The van der Waals surface area contributed by atoms with E-state index in [1.165, 1.54) is 12.1 Å². The van der Waals surface area contributed by atoms with Gasteiger partial charge < -0.3 is 9.63 Å². The zero-order valence-corrected chi connectivity index (χ0v) is 9.33. The van der Waals surface area contributed by atoms with Crippen LogP contribution in [-0.4, -0.2) is 17.4 Å². The van der Waals surface area contributed by atoms with Gasteiger partial charge in [0.1, 0.15) is 11.5 Å². The van der Waals surface area contributed by atoms with Gasteiger partial charge in [0.15, 0.2) is 0 Å². The van der Waals surface area contributed by atoms with Crippen molar-refractivity contribution in [1.82, 2.24) is 0 Å². The Balaban J connectivity index is 2.78. The molecule has 0 radical (unpaired) electrons. The second-order valence-electron chi connectivity index (χ2n) is 3.03. The van der Waals surface area contributed by atoms with E-state index >= 15 is 0 Å². The molecule has 0 saturated heterocycles. The second-order valence-corrected chi connectivity index (χ2v) is 6.11. The first kappa shape index (κ1) is 11.1. The Morgan fingerprint density at radius 1 is 1.21 bits per heavy atom. The molecule has 0 amide bonds. The van der Waals surface area contributed by atoms with Crippen LogP contribution in [-0.2, 0) is 4.57 Å². The largest absolute Gasteiger partial charge is 0.508 e. The topological polar surface area (TPSA) is 46.5 Å². The SMILES string of the molecule is CCP(=O)(CC)Oc1ccc(O)cc1. The van der Waals surface area contributed by atoms with Crippen LogP contribution in [0.2, 0.25) is 0 Å². The van der Waals surface area contributed by atoms with E-state index in [0.717, 1.165) is 0 Å². The summed E-state index contributed by atoms with van der Waals surface area (Å²) in [5, 5.41) is 9.04. The second kappa shape index (κ2) is 4.52. The number of rotatable bonds is 4. The summed E-state index contributed by atoms with van der Waals surface area (Å²) >= 11 is 0. The Labute approximate surface area is 84.2 Å². The Morgan fingerprint density at radius 2 is 1.71 bits per heavy atom. The maximum absolute atomic E-state index is 11.9. The van der Waals surface area contributed by atoms with Gasteiger partial charge in [0, 0.05) is 12.3 Å². The summed E-state index contributed by atoms with van der Waals surface area (Å²) in [7, 11) is -2.50. The van der Waals surface area contributed by atoms with Crippen molar-refractivity contribution in [2.45, 2.75) is 13.8 Å². The molecule has 0 aliphatic carbocycles. The van der Waals surface area contributed by atoms with E-state index in [2.05, 4.69) is 0 Å². The van der Waals surface area contributed by atoms with Crippen LogP contribution in [0.4, 0.5) is 0 Å². The predicted molar refractivity (Wildman–Crippen MR) is 57.4 cm³/mol. The van der Waals surface area contributed by atoms with Gasteiger partial charge in [-0.2, -0.15) is 0 Å². The van der Waals surface area contributed by atoms with Gasteiger partial charge in [-0.15, -0.1) is 0 Å². The molecule has 1 aromatic rings. The lowest BCUT2D eigenvalue weighted by molar-refractivity contribution is 0.468. The van der Waals surface area contributed by atoms with E-state index in [9.17, 15) is 4.57 Å². The highest BCUT2D eigenvalue weighted by Crippen LogP contribution is 2.46. The molecule has 0 aliphatic heterocycles. The smallest absolute Gasteiger partial charge is 0.247 e. The summed E-state index contributed by atoms with van der Waals surface area (Å²) in [5.74, 6) is 0.731. The van der Waals surface area contributed by atoms with Crippen molar-refractivity contribution in [3.05, 3.63) is 24.3 Å². The lowest BCUT2D eigenvalue weighted by Gasteiger charge is -2.15. The fourth-order valence-corrected chi connectivity index (χ4v) is 2.26.